The van der Waals surface area contributed by atoms with Gasteiger partial charge in [-0.05, 0) is 74.6 Å². The Bertz CT molecular complexity index is 2160. The topological polar surface area (TPSA) is 17.8 Å². The molecule has 0 amide bonds. The largest absolute Gasteiger partial charge is 0.309 e. The molecule has 0 atom stereocenters. The number of pyridine rings is 1. The molecule has 0 fully saturated rings. The molecule has 2 nitrogen and oxygen atoms in total. The summed E-state index contributed by atoms with van der Waals surface area (Å²) < 4.78 is 2.42. The first-order valence-corrected chi connectivity index (χ1v) is 13.3. The summed E-state index contributed by atoms with van der Waals surface area (Å²) in [4.78, 5) is 4.37. The minimum Gasteiger partial charge on any atom is -0.309 e. The molecular formula is C37H24N2. The molecule has 2 heteroatoms. The van der Waals surface area contributed by atoms with E-state index in [0.717, 1.165) is 16.8 Å². The highest BCUT2D eigenvalue weighted by molar-refractivity contribution is 6.24. The van der Waals surface area contributed by atoms with Crippen LogP contribution >= 0.6 is 0 Å². The van der Waals surface area contributed by atoms with Crippen LogP contribution in [0.2, 0.25) is 0 Å². The Balaban J connectivity index is 1.52. The normalized spacial score (nSPS) is 11.6. The summed E-state index contributed by atoms with van der Waals surface area (Å²) in [6.45, 7) is 0. The van der Waals surface area contributed by atoms with Gasteiger partial charge in [0.2, 0.25) is 0 Å². The third kappa shape index (κ3) is 3.46. The van der Waals surface area contributed by atoms with Crippen LogP contribution in [0.25, 0.3) is 71.3 Å². The zero-order valence-corrected chi connectivity index (χ0v) is 21.3. The van der Waals surface area contributed by atoms with Gasteiger partial charge in [-0.3, -0.25) is 4.98 Å². The Morgan fingerprint density at radius 2 is 1.23 bits per heavy atom. The van der Waals surface area contributed by atoms with Gasteiger partial charge in [0, 0.05) is 34.4 Å². The van der Waals surface area contributed by atoms with E-state index in [2.05, 4.69) is 137 Å². The van der Waals surface area contributed by atoms with Crippen molar-refractivity contribution in [2.75, 3.05) is 0 Å². The van der Waals surface area contributed by atoms with Crippen molar-refractivity contribution in [2.45, 2.75) is 0 Å². The van der Waals surface area contributed by atoms with E-state index < -0.39 is 0 Å². The molecule has 8 rings (SSSR count). The molecule has 8 aromatic rings. The van der Waals surface area contributed by atoms with E-state index >= 15 is 0 Å². The third-order valence-electron chi connectivity index (χ3n) is 7.84. The lowest BCUT2D eigenvalue weighted by atomic mass is 9.93. The number of rotatable bonds is 3. The molecule has 0 saturated heterocycles. The molecule has 0 radical (unpaired) electrons. The number of hydrogen-bond acceptors (Lipinski definition) is 1. The summed E-state index contributed by atoms with van der Waals surface area (Å²) in [7, 11) is 0. The lowest BCUT2D eigenvalue weighted by Gasteiger charge is -2.13. The van der Waals surface area contributed by atoms with Crippen LogP contribution in [0.4, 0.5) is 0 Å². The minimum absolute atomic E-state index is 1.12. The quantitative estimate of drug-likeness (QED) is 0.238. The van der Waals surface area contributed by atoms with Crippen molar-refractivity contribution in [3.05, 3.63) is 146 Å². The zero-order chi connectivity index (χ0) is 25.8. The molecule has 2 aromatic heterocycles. The molecule has 0 spiro atoms. The Hall–Kier alpha value is -5.21. The molecule has 0 aliphatic carbocycles. The Morgan fingerprint density at radius 1 is 0.462 bits per heavy atom. The smallest absolute Gasteiger partial charge is 0.0553 e. The summed E-state index contributed by atoms with van der Waals surface area (Å²) >= 11 is 0. The van der Waals surface area contributed by atoms with Gasteiger partial charge in [0.25, 0.3) is 0 Å². The molecule has 0 N–H and O–H groups in total. The van der Waals surface area contributed by atoms with Crippen molar-refractivity contribution in [1.29, 1.82) is 0 Å². The summed E-state index contributed by atoms with van der Waals surface area (Å²) in [6.07, 6.45) is 3.76. The van der Waals surface area contributed by atoms with E-state index in [4.69, 9.17) is 0 Å². The highest BCUT2D eigenvalue weighted by Gasteiger charge is 2.18. The lowest BCUT2D eigenvalue weighted by Crippen LogP contribution is -1.94. The van der Waals surface area contributed by atoms with Crippen LogP contribution in [0, 0.1) is 0 Å². The average Bonchev–Trinajstić information content (AvgIpc) is 3.35. The Kier molecular flexibility index (Phi) is 4.86. The maximum absolute atomic E-state index is 4.37. The lowest BCUT2D eigenvalue weighted by molar-refractivity contribution is 1.18. The van der Waals surface area contributed by atoms with Crippen LogP contribution in [0.1, 0.15) is 0 Å². The van der Waals surface area contributed by atoms with Gasteiger partial charge in [-0.1, -0.05) is 97.1 Å². The van der Waals surface area contributed by atoms with Crippen LogP contribution in [-0.2, 0) is 0 Å². The highest BCUT2D eigenvalue weighted by Crippen LogP contribution is 2.42. The first-order valence-electron chi connectivity index (χ1n) is 13.3. The fraction of sp³-hybridized carbons (Fsp3) is 0. The standard InChI is InChI=1S/C37H24N2/c1-2-12-30(13-3-1)39-35-22-27(29-11-8-20-38-24-29)18-19-33(35)37-32-15-7-6-14-31(32)34(23-36(37)39)28-17-16-25-9-4-5-10-26(25)21-28/h1-24H. The van der Waals surface area contributed by atoms with E-state index in [1.165, 1.54) is 54.5 Å². The summed E-state index contributed by atoms with van der Waals surface area (Å²) in [5.74, 6) is 0. The molecular weight excluding hydrogens is 472 g/mol. The maximum Gasteiger partial charge on any atom is 0.0553 e. The van der Waals surface area contributed by atoms with Gasteiger partial charge < -0.3 is 4.57 Å². The predicted octanol–water partition coefficient (Wildman–Crippen LogP) is 9.82. The minimum atomic E-state index is 1.12. The van der Waals surface area contributed by atoms with Crippen LogP contribution in [0.3, 0.4) is 0 Å². The SMILES string of the molecule is c1ccc(-n2c3cc(-c4cccnc4)ccc3c3c4ccccc4c(-c4ccc5ccccc5c4)cc32)cc1. The number of hydrogen-bond donors (Lipinski definition) is 0. The first kappa shape index (κ1) is 21.8. The van der Waals surface area contributed by atoms with E-state index in [0.29, 0.717) is 0 Å². The molecule has 0 unspecified atom stereocenters. The van der Waals surface area contributed by atoms with Crippen molar-refractivity contribution in [2.24, 2.45) is 0 Å². The van der Waals surface area contributed by atoms with E-state index in [1.54, 1.807) is 0 Å². The van der Waals surface area contributed by atoms with Gasteiger partial charge >= 0.3 is 0 Å². The van der Waals surface area contributed by atoms with E-state index in [9.17, 15) is 0 Å². The van der Waals surface area contributed by atoms with Crippen molar-refractivity contribution >= 4 is 43.4 Å². The first-order chi connectivity index (χ1) is 19.3. The summed E-state index contributed by atoms with van der Waals surface area (Å²) in [5, 5.41) is 7.59. The van der Waals surface area contributed by atoms with E-state index in [-0.39, 0.29) is 0 Å². The third-order valence-corrected chi connectivity index (χ3v) is 7.84. The second kappa shape index (κ2) is 8.68. The zero-order valence-electron chi connectivity index (χ0n) is 21.3. The molecule has 0 bridgehead atoms. The van der Waals surface area contributed by atoms with Crippen molar-refractivity contribution in [3.63, 3.8) is 0 Å². The average molecular weight is 497 g/mol. The van der Waals surface area contributed by atoms with Crippen molar-refractivity contribution in [3.8, 4) is 27.9 Å². The molecule has 0 saturated carbocycles. The highest BCUT2D eigenvalue weighted by atomic mass is 15.0. The van der Waals surface area contributed by atoms with Crippen LogP contribution < -0.4 is 0 Å². The molecule has 182 valence electrons. The molecule has 0 aliphatic heterocycles. The second-order valence-corrected chi connectivity index (χ2v) is 10.1. The molecule has 39 heavy (non-hydrogen) atoms. The van der Waals surface area contributed by atoms with Crippen LogP contribution in [0.15, 0.2) is 146 Å². The van der Waals surface area contributed by atoms with Gasteiger partial charge in [-0.2, -0.15) is 0 Å². The fourth-order valence-electron chi connectivity index (χ4n) is 6.04. The maximum atomic E-state index is 4.37. The van der Waals surface area contributed by atoms with Gasteiger partial charge in [0.1, 0.15) is 0 Å². The number of aromatic nitrogens is 2. The second-order valence-electron chi connectivity index (χ2n) is 10.1. The van der Waals surface area contributed by atoms with Gasteiger partial charge in [-0.15, -0.1) is 0 Å². The van der Waals surface area contributed by atoms with E-state index in [1.807, 2.05) is 18.5 Å². The summed E-state index contributed by atoms with van der Waals surface area (Å²) in [5.41, 5.74) is 8.31. The predicted molar refractivity (Wildman–Crippen MR) is 164 cm³/mol. The van der Waals surface area contributed by atoms with Crippen molar-refractivity contribution < 1.29 is 0 Å². The Morgan fingerprint density at radius 3 is 2.08 bits per heavy atom. The van der Waals surface area contributed by atoms with Crippen LogP contribution in [-0.4, -0.2) is 9.55 Å². The van der Waals surface area contributed by atoms with Gasteiger partial charge in [0.05, 0.1) is 11.0 Å². The molecule has 2 heterocycles. The fourth-order valence-corrected chi connectivity index (χ4v) is 6.04. The number of benzene rings is 6. The van der Waals surface area contributed by atoms with Gasteiger partial charge in [0.15, 0.2) is 0 Å². The van der Waals surface area contributed by atoms with Crippen LogP contribution in [0.5, 0.6) is 0 Å². The number of nitrogens with zero attached hydrogens (tertiary/aromatic N) is 2. The number of para-hydroxylation sites is 1. The van der Waals surface area contributed by atoms with Crippen molar-refractivity contribution in [1.82, 2.24) is 9.55 Å². The monoisotopic (exact) mass is 496 g/mol. The Labute approximate surface area is 226 Å². The molecule has 0 aliphatic rings. The number of fused-ring (bicyclic) bond motifs is 6. The summed E-state index contributed by atoms with van der Waals surface area (Å²) in [6, 6.07) is 48.2. The molecule has 6 aromatic carbocycles. The van der Waals surface area contributed by atoms with Gasteiger partial charge in [-0.25, -0.2) is 0 Å².